The number of halogens is 3. The Kier molecular flexibility index (Phi) is 6.59. The van der Waals surface area contributed by atoms with Gasteiger partial charge in [0.2, 0.25) is 0 Å². The Morgan fingerprint density at radius 1 is 0.967 bits per heavy atom. The van der Waals surface area contributed by atoms with E-state index in [0.717, 1.165) is 25.0 Å². The van der Waals surface area contributed by atoms with Gasteiger partial charge in [-0.2, -0.15) is 13.2 Å². The number of Topliss-reactive ketones (excluding diaryl/α,β-unsaturated/α-hetero) is 2. The molecule has 1 aliphatic rings. The highest BCUT2D eigenvalue weighted by Gasteiger charge is 2.32. The van der Waals surface area contributed by atoms with Crippen LogP contribution in [0.25, 0.3) is 6.08 Å². The summed E-state index contributed by atoms with van der Waals surface area (Å²) in [7, 11) is 0. The largest absolute Gasteiger partial charge is 0.416 e. The number of rotatable bonds is 5. The van der Waals surface area contributed by atoms with Crippen LogP contribution in [0, 0.1) is 12.8 Å². The summed E-state index contributed by atoms with van der Waals surface area (Å²) in [5.74, 6) is -0.559. The van der Waals surface area contributed by atoms with Gasteiger partial charge in [0.25, 0.3) is 0 Å². The van der Waals surface area contributed by atoms with Crippen LogP contribution >= 0.6 is 0 Å². The number of hydrogen-bond donors (Lipinski definition) is 0. The molecular weight excluding hydrogens is 389 g/mol. The third-order valence-electron chi connectivity index (χ3n) is 5.82. The second kappa shape index (κ2) is 8.99. The van der Waals surface area contributed by atoms with E-state index in [4.69, 9.17) is 0 Å². The lowest BCUT2D eigenvalue weighted by Gasteiger charge is -2.28. The first kappa shape index (κ1) is 22.0. The number of aryl methyl sites for hydroxylation is 1. The van der Waals surface area contributed by atoms with Crippen LogP contribution in [0.1, 0.15) is 60.8 Å². The molecule has 3 rings (SSSR count). The number of ketones is 2. The van der Waals surface area contributed by atoms with Crippen molar-refractivity contribution in [3.05, 3.63) is 76.4 Å². The van der Waals surface area contributed by atoms with E-state index >= 15 is 0 Å². The SMILES string of the molecule is CC(=O)/C(=C\c1cccc(C(F)(F)F)c1)C(=O)[C@H]1CC[C@H](c2ccc(C)cc2)CC1. The normalized spacial score (nSPS) is 20.1. The van der Waals surface area contributed by atoms with Gasteiger partial charge in [-0.1, -0.05) is 42.0 Å². The zero-order valence-electron chi connectivity index (χ0n) is 17.1. The lowest BCUT2D eigenvalue weighted by Crippen LogP contribution is -2.24. The standard InChI is InChI=1S/C25H25F3O2/c1-16-6-8-19(9-7-16)20-10-12-21(13-11-20)24(30)23(17(2)29)15-18-4-3-5-22(14-18)25(26,27)28/h3-9,14-15,20-21H,10-13H2,1-2H3/b23-15+/t20-,21-. The Labute approximate surface area is 174 Å². The van der Waals surface area contributed by atoms with E-state index in [1.54, 1.807) is 0 Å². The molecular formula is C25H25F3O2. The zero-order valence-corrected chi connectivity index (χ0v) is 17.1. The van der Waals surface area contributed by atoms with Gasteiger partial charge < -0.3 is 0 Å². The molecule has 0 bridgehead atoms. The molecule has 0 atom stereocenters. The fraction of sp³-hybridized carbons (Fsp3) is 0.360. The van der Waals surface area contributed by atoms with Gasteiger partial charge in [-0.15, -0.1) is 0 Å². The first-order valence-corrected chi connectivity index (χ1v) is 10.2. The summed E-state index contributed by atoms with van der Waals surface area (Å²) in [5, 5.41) is 0. The summed E-state index contributed by atoms with van der Waals surface area (Å²) in [6.45, 7) is 3.33. The second-order valence-corrected chi connectivity index (χ2v) is 8.06. The average molecular weight is 414 g/mol. The van der Waals surface area contributed by atoms with Crippen molar-refractivity contribution < 1.29 is 22.8 Å². The van der Waals surface area contributed by atoms with E-state index in [-0.39, 0.29) is 22.8 Å². The van der Waals surface area contributed by atoms with Crippen LogP contribution in [-0.4, -0.2) is 11.6 Å². The van der Waals surface area contributed by atoms with Crippen molar-refractivity contribution in [1.29, 1.82) is 0 Å². The molecule has 1 fully saturated rings. The van der Waals surface area contributed by atoms with Crippen LogP contribution in [-0.2, 0) is 15.8 Å². The highest BCUT2D eigenvalue weighted by Crippen LogP contribution is 2.37. The number of hydrogen-bond acceptors (Lipinski definition) is 2. The summed E-state index contributed by atoms with van der Waals surface area (Å²) < 4.78 is 38.9. The van der Waals surface area contributed by atoms with Crippen molar-refractivity contribution >= 4 is 17.6 Å². The summed E-state index contributed by atoms with van der Waals surface area (Å²) in [6.07, 6.45) is -0.123. The van der Waals surface area contributed by atoms with E-state index in [1.807, 2.05) is 6.92 Å². The number of carbonyl (C=O) groups excluding carboxylic acids is 2. The zero-order chi connectivity index (χ0) is 21.9. The molecule has 0 unspecified atom stereocenters. The van der Waals surface area contributed by atoms with Gasteiger partial charge in [0, 0.05) is 5.92 Å². The van der Waals surface area contributed by atoms with E-state index in [1.165, 1.54) is 36.3 Å². The Hall–Kier alpha value is -2.69. The molecule has 0 N–H and O–H groups in total. The molecule has 2 aromatic rings. The van der Waals surface area contributed by atoms with Crippen LogP contribution < -0.4 is 0 Å². The van der Waals surface area contributed by atoms with Gasteiger partial charge in [0.15, 0.2) is 11.6 Å². The third-order valence-corrected chi connectivity index (χ3v) is 5.82. The number of carbonyl (C=O) groups is 2. The number of allylic oxidation sites excluding steroid dienone is 1. The molecule has 0 aliphatic heterocycles. The monoisotopic (exact) mass is 414 g/mol. The maximum absolute atomic E-state index is 13.0. The highest BCUT2D eigenvalue weighted by molar-refractivity contribution is 6.23. The maximum Gasteiger partial charge on any atom is 0.416 e. The first-order chi connectivity index (χ1) is 14.1. The minimum absolute atomic E-state index is 0.0203. The molecule has 0 aromatic heterocycles. The van der Waals surface area contributed by atoms with Crippen molar-refractivity contribution in [2.75, 3.05) is 0 Å². The lowest BCUT2D eigenvalue weighted by molar-refractivity contribution is -0.137. The van der Waals surface area contributed by atoms with Gasteiger partial charge >= 0.3 is 6.18 Å². The highest BCUT2D eigenvalue weighted by atomic mass is 19.4. The fourth-order valence-corrected chi connectivity index (χ4v) is 4.07. The second-order valence-electron chi connectivity index (χ2n) is 8.06. The van der Waals surface area contributed by atoms with Gasteiger partial charge in [-0.25, -0.2) is 0 Å². The topological polar surface area (TPSA) is 34.1 Å². The van der Waals surface area contributed by atoms with E-state index in [9.17, 15) is 22.8 Å². The van der Waals surface area contributed by atoms with Gasteiger partial charge in [-0.05, 0) is 74.8 Å². The minimum atomic E-state index is -4.47. The summed E-state index contributed by atoms with van der Waals surface area (Å²) in [6, 6.07) is 13.1. The number of alkyl halides is 3. The van der Waals surface area contributed by atoms with Crippen molar-refractivity contribution in [3.63, 3.8) is 0 Å². The lowest BCUT2D eigenvalue weighted by atomic mass is 9.75. The van der Waals surface area contributed by atoms with Gasteiger partial charge in [0.05, 0.1) is 11.1 Å². The van der Waals surface area contributed by atoms with Crippen molar-refractivity contribution in [1.82, 2.24) is 0 Å². The quantitative estimate of drug-likeness (QED) is 0.317. The molecule has 0 saturated heterocycles. The molecule has 0 heterocycles. The van der Waals surface area contributed by atoms with Gasteiger partial charge in [-0.3, -0.25) is 9.59 Å². The smallest absolute Gasteiger partial charge is 0.294 e. The average Bonchev–Trinajstić information content (AvgIpc) is 2.72. The Balaban J connectivity index is 1.74. The van der Waals surface area contributed by atoms with Crippen LogP contribution in [0.4, 0.5) is 13.2 Å². The molecule has 158 valence electrons. The molecule has 5 heteroatoms. The minimum Gasteiger partial charge on any atom is -0.294 e. The molecule has 0 amide bonds. The summed E-state index contributed by atoms with van der Waals surface area (Å²) >= 11 is 0. The molecule has 30 heavy (non-hydrogen) atoms. The molecule has 2 aromatic carbocycles. The van der Waals surface area contributed by atoms with E-state index < -0.39 is 17.5 Å². The summed E-state index contributed by atoms with van der Waals surface area (Å²) in [4.78, 5) is 25.1. The van der Waals surface area contributed by atoms with Crippen molar-refractivity contribution in [2.45, 2.75) is 51.6 Å². The molecule has 1 aliphatic carbocycles. The van der Waals surface area contributed by atoms with Crippen LogP contribution in [0.2, 0.25) is 0 Å². The molecule has 2 nitrogen and oxygen atoms in total. The Morgan fingerprint density at radius 3 is 2.17 bits per heavy atom. The number of benzene rings is 2. The fourth-order valence-electron chi connectivity index (χ4n) is 4.07. The molecule has 1 saturated carbocycles. The first-order valence-electron chi connectivity index (χ1n) is 10.2. The van der Waals surface area contributed by atoms with Crippen LogP contribution in [0.5, 0.6) is 0 Å². The van der Waals surface area contributed by atoms with Gasteiger partial charge in [0.1, 0.15) is 0 Å². The van der Waals surface area contributed by atoms with Crippen molar-refractivity contribution in [3.8, 4) is 0 Å². The van der Waals surface area contributed by atoms with Crippen molar-refractivity contribution in [2.24, 2.45) is 5.92 Å². The third kappa shape index (κ3) is 5.26. The Morgan fingerprint density at radius 2 is 1.60 bits per heavy atom. The molecule has 0 radical (unpaired) electrons. The molecule has 0 spiro atoms. The summed E-state index contributed by atoms with van der Waals surface area (Å²) in [5.41, 5.74) is 1.85. The van der Waals surface area contributed by atoms with E-state index in [2.05, 4.69) is 24.3 Å². The predicted octanol–water partition coefficient (Wildman–Crippen LogP) is 6.53. The Bertz CT molecular complexity index is 947. The van der Waals surface area contributed by atoms with Crippen LogP contribution in [0.15, 0.2) is 54.1 Å². The van der Waals surface area contributed by atoms with Crippen LogP contribution in [0.3, 0.4) is 0 Å². The van der Waals surface area contributed by atoms with E-state index in [0.29, 0.717) is 18.8 Å². The predicted molar refractivity (Wildman–Crippen MR) is 111 cm³/mol. The maximum atomic E-state index is 13.0.